The van der Waals surface area contributed by atoms with E-state index < -0.39 is 0 Å². The van der Waals surface area contributed by atoms with Crippen molar-refractivity contribution in [2.45, 2.75) is 58.3 Å². The van der Waals surface area contributed by atoms with Gasteiger partial charge in [0.05, 0.1) is 15.8 Å². The first-order valence-corrected chi connectivity index (χ1v) is 14.3. The lowest BCUT2D eigenvalue weighted by Crippen LogP contribution is -2.44. The predicted octanol–water partition coefficient (Wildman–Crippen LogP) is 8.21. The maximum Gasteiger partial charge on any atom is 0.346 e. The van der Waals surface area contributed by atoms with Gasteiger partial charge in [-0.2, -0.15) is 0 Å². The van der Waals surface area contributed by atoms with Gasteiger partial charge in [0.2, 0.25) is 0 Å². The van der Waals surface area contributed by atoms with Crippen LogP contribution in [0.25, 0.3) is 42.9 Å². The summed E-state index contributed by atoms with van der Waals surface area (Å²) in [6.07, 6.45) is 2.17. The first-order valence-electron chi connectivity index (χ1n) is 13.5. The lowest BCUT2D eigenvalue weighted by atomic mass is 9.69. The number of thiazole rings is 1. The molecule has 0 radical (unpaired) electrons. The normalized spacial score (nSPS) is 17.7. The number of nitrogens with zero attached hydrogens (tertiary/aromatic N) is 2. The molecule has 0 N–H and O–H groups in total. The highest BCUT2D eigenvalue weighted by atomic mass is 32.1. The SMILES string of the molecule is Cc1c(-c2nc3cc(-c4ccccc4)ccc3s2)c(=O)oc2c3c4c(cc12)C(C)(C)CCN4CCC3(C)C. The Balaban J connectivity index is 1.47. The number of aromatic nitrogens is 1. The van der Waals surface area contributed by atoms with Gasteiger partial charge in [0.15, 0.2) is 0 Å². The van der Waals surface area contributed by atoms with E-state index in [0.717, 1.165) is 68.8 Å². The quantitative estimate of drug-likeness (QED) is 0.220. The van der Waals surface area contributed by atoms with Crippen molar-refractivity contribution < 1.29 is 4.42 Å². The molecule has 0 bridgehead atoms. The molecule has 4 heterocycles. The zero-order valence-electron chi connectivity index (χ0n) is 22.6. The van der Waals surface area contributed by atoms with Gasteiger partial charge in [-0.25, -0.2) is 9.78 Å². The zero-order chi connectivity index (χ0) is 26.4. The van der Waals surface area contributed by atoms with E-state index in [0.29, 0.717) is 5.56 Å². The highest BCUT2D eigenvalue weighted by Crippen LogP contribution is 2.52. The van der Waals surface area contributed by atoms with Crippen LogP contribution in [0.4, 0.5) is 5.69 Å². The summed E-state index contributed by atoms with van der Waals surface area (Å²) in [6.45, 7) is 13.4. The van der Waals surface area contributed by atoms with E-state index in [9.17, 15) is 4.79 Å². The van der Waals surface area contributed by atoms with Crippen molar-refractivity contribution in [3.8, 4) is 21.7 Å². The van der Waals surface area contributed by atoms with Crippen molar-refractivity contribution in [2.24, 2.45) is 0 Å². The molecule has 0 saturated heterocycles. The summed E-state index contributed by atoms with van der Waals surface area (Å²) in [5.74, 6) is 0. The number of hydrogen-bond donors (Lipinski definition) is 0. The number of anilines is 1. The predicted molar refractivity (Wildman–Crippen MR) is 159 cm³/mol. The molecule has 7 rings (SSSR count). The number of rotatable bonds is 2. The molecule has 5 heteroatoms. The Morgan fingerprint density at radius 3 is 2.42 bits per heavy atom. The third-order valence-electron chi connectivity index (χ3n) is 8.87. The van der Waals surface area contributed by atoms with E-state index in [4.69, 9.17) is 9.40 Å². The van der Waals surface area contributed by atoms with Crippen LogP contribution in [0.2, 0.25) is 0 Å². The van der Waals surface area contributed by atoms with E-state index >= 15 is 0 Å². The largest absolute Gasteiger partial charge is 0.422 e. The summed E-state index contributed by atoms with van der Waals surface area (Å²) in [6, 6.07) is 19.0. The second kappa shape index (κ2) is 8.03. The lowest BCUT2D eigenvalue weighted by molar-refractivity contribution is 0.398. The Morgan fingerprint density at radius 2 is 1.66 bits per heavy atom. The fraction of sp³-hybridized carbons (Fsp3) is 0.333. The van der Waals surface area contributed by atoms with Crippen LogP contribution < -0.4 is 10.5 Å². The Hall–Kier alpha value is -3.44. The number of benzene rings is 3. The molecule has 3 aromatic carbocycles. The Morgan fingerprint density at radius 1 is 0.921 bits per heavy atom. The lowest BCUT2D eigenvalue weighted by Gasteiger charge is -2.48. The average molecular weight is 521 g/mol. The third kappa shape index (κ3) is 3.41. The van der Waals surface area contributed by atoms with Crippen LogP contribution in [0, 0.1) is 6.92 Å². The fourth-order valence-electron chi connectivity index (χ4n) is 6.46. The molecule has 2 aliphatic rings. The number of aryl methyl sites for hydroxylation is 1. The summed E-state index contributed by atoms with van der Waals surface area (Å²) in [5, 5.41) is 1.77. The molecule has 4 nitrogen and oxygen atoms in total. The van der Waals surface area contributed by atoms with E-state index in [-0.39, 0.29) is 16.5 Å². The van der Waals surface area contributed by atoms with E-state index in [1.807, 2.05) is 18.2 Å². The number of fused-ring (bicyclic) bond motifs is 3. The summed E-state index contributed by atoms with van der Waals surface area (Å²) in [4.78, 5) is 21.2. The molecule has 2 aromatic heterocycles. The highest BCUT2D eigenvalue weighted by molar-refractivity contribution is 7.21. The minimum Gasteiger partial charge on any atom is -0.422 e. The van der Waals surface area contributed by atoms with E-state index in [1.165, 1.54) is 16.8 Å². The van der Waals surface area contributed by atoms with Crippen molar-refractivity contribution in [2.75, 3.05) is 18.0 Å². The maximum absolute atomic E-state index is 13.7. The van der Waals surface area contributed by atoms with Crippen molar-refractivity contribution in [3.05, 3.63) is 81.7 Å². The second-order valence-electron chi connectivity index (χ2n) is 12.2. The molecule has 0 unspecified atom stereocenters. The van der Waals surface area contributed by atoms with Crippen molar-refractivity contribution in [3.63, 3.8) is 0 Å². The summed E-state index contributed by atoms with van der Waals surface area (Å²) >= 11 is 1.56. The van der Waals surface area contributed by atoms with Crippen LogP contribution >= 0.6 is 11.3 Å². The van der Waals surface area contributed by atoms with Gasteiger partial charge in [-0.05, 0) is 71.0 Å². The first kappa shape index (κ1) is 23.7. The van der Waals surface area contributed by atoms with Gasteiger partial charge >= 0.3 is 5.63 Å². The van der Waals surface area contributed by atoms with Gasteiger partial charge in [0, 0.05) is 29.7 Å². The molecule has 0 saturated carbocycles. The molecule has 38 heavy (non-hydrogen) atoms. The standard InChI is InChI=1S/C33H32N2O2S/c1-19-22-18-23-28-27(33(4,5)14-16-35(28)15-13-32(23,2)3)29(22)37-31(36)26(19)30-34-24-17-21(11-12-25(24)38-30)20-9-7-6-8-10-20/h6-12,17-18H,13-16H2,1-5H3. The highest BCUT2D eigenvalue weighted by Gasteiger charge is 2.42. The first-order chi connectivity index (χ1) is 18.1. The Bertz CT molecular complexity index is 1810. The van der Waals surface area contributed by atoms with Crippen molar-refractivity contribution in [1.29, 1.82) is 0 Å². The van der Waals surface area contributed by atoms with Gasteiger partial charge in [-0.3, -0.25) is 0 Å². The average Bonchev–Trinajstić information content (AvgIpc) is 3.30. The van der Waals surface area contributed by atoms with Crippen LogP contribution in [0.5, 0.6) is 0 Å². The van der Waals surface area contributed by atoms with Crippen LogP contribution in [0.3, 0.4) is 0 Å². The third-order valence-corrected chi connectivity index (χ3v) is 9.93. The van der Waals surface area contributed by atoms with Crippen LogP contribution in [-0.4, -0.2) is 18.1 Å². The minimum atomic E-state index is -0.295. The molecule has 0 fully saturated rings. The molecular formula is C33H32N2O2S. The minimum absolute atomic E-state index is 0.0641. The summed E-state index contributed by atoms with van der Waals surface area (Å²) in [5.41, 5.74) is 9.07. The van der Waals surface area contributed by atoms with Gasteiger partial charge in [0.1, 0.15) is 10.6 Å². The van der Waals surface area contributed by atoms with E-state index in [2.05, 4.69) is 75.9 Å². The van der Waals surface area contributed by atoms with Crippen LogP contribution in [0.1, 0.15) is 57.2 Å². The van der Waals surface area contributed by atoms with Gasteiger partial charge in [0.25, 0.3) is 0 Å². The smallest absolute Gasteiger partial charge is 0.346 e. The molecule has 0 atom stereocenters. The zero-order valence-corrected chi connectivity index (χ0v) is 23.5. The van der Waals surface area contributed by atoms with Gasteiger partial charge in [-0.1, -0.05) is 64.1 Å². The Labute approximate surface area is 226 Å². The molecule has 0 spiro atoms. The van der Waals surface area contributed by atoms with E-state index in [1.54, 1.807) is 11.3 Å². The molecule has 192 valence electrons. The summed E-state index contributed by atoms with van der Waals surface area (Å²) in [7, 11) is 0. The summed E-state index contributed by atoms with van der Waals surface area (Å²) < 4.78 is 7.34. The fourth-order valence-corrected chi connectivity index (χ4v) is 7.50. The van der Waals surface area contributed by atoms with Crippen molar-refractivity contribution in [1.82, 2.24) is 4.98 Å². The van der Waals surface area contributed by atoms with Crippen LogP contribution in [-0.2, 0) is 10.8 Å². The van der Waals surface area contributed by atoms with Crippen molar-refractivity contribution >= 4 is 38.2 Å². The molecule has 0 amide bonds. The maximum atomic E-state index is 13.7. The molecule has 0 aliphatic carbocycles. The molecule has 5 aromatic rings. The second-order valence-corrected chi connectivity index (χ2v) is 13.3. The molecular weight excluding hydrogens is 488 g/mol. The number of hydrogen-bond acceptors (Lipinski definition) is 5. The van der Waals surface area contributed by atoms with Gasteiger partial charge in [-0.15, -0.1) is 11.3 Å². The topological polar surface area (TPSA) is 46.3 Å². The van der Waals surface area contributed by atoms with Gasteiger partial charge < -0.3 is 9.32 Å². The monoisotopic (exact) mass is 520 g/mol. The van der Waals surface area contributed by atoms with Crippen LogP contribution in [0.15, 0.2) is 63.8 Å². The molecule has 2 aliphatic heterocycles. The Kier molecular flexibility index (Phi) is 5.00.